The largest absolute Gasteiger partial charge is 0.352 e. The van der Waals surface area contributed by atoms with Crippen molar-refractivity contribution in [3.63, 3.8) is 0 Å². The molecule has 0 bridgehead atoms. The highest BCUT2D eigenvalue weighted by Crippen LogP contribution is 2.26. The van der Waals surface area contributed by atoms with Crippen molar-refractivity contribution in [3.8, 4) is 0 Å². The van der Waals surface area contributed by atoms with Crippen LogP contribution in [0.1, 0.15) is 47.9 Å². The molecule has 4 rings (SSSR count). The van der Waals surface area contributed by atoms with E-state index in [1.165, 1.54) is 4.90 Å². The van der Waals surface area contributed by atoms with Crippen LogP contribution in [-0.4, -0.2) is 50.0 Å². The summed E-state index contributed by atoms with van der Waals surface area (Å²) in [5, 5.41) is 3.58. The third-order valence-electron chi connectivity index (χ3n) is 7.70. The van der Waals surface area contributed by atoms with Crippen molar-refractivity contribution in [1.29, 1.82) is 0 Å². The standard InChI is InChI=1S/C32H38ClN3O4S/c1-23-11-7-8-14-26(23)21-35(31(37)22-36(41(3,39)40)28-18-17-24(2)29(33)20-28)30(19-25-12-5-4-6-13-25)32(38)34-27-15-9-10-16-27/h4-8,11-14,17-18,20,27,30H,9-10,15-16,19,21-22H2,1-3H3,(H,34,38)/t30-/m0/s1. The summed E-state index contributed by atoms with van der Waals surface area (Å²) in [6.07, 6.45) is 5.29. The Hall–Kier alpha value is -3.36. The Morgan fingerprint density at radius 2 is 1.61 bits per heavy atom. The Bertz CT molecular complexity index is 1470. The first-order valence-electron chi connectivity index (χ1n) is 13.9. The first kappa shape index (κ1) is 30.6. The SMILES string of the molecule is Cc1ccc(N(CC(=O)N(Cc2ccccc2C)[C@@H](Cc2ccccc2)C(=O)NC2CCCC2)S(C)(=O)=O)cc1Cl. The van der Waals surface area contributed by atoms with Crippen LogP contribution in [-0.2, 0) is 32.6 Å². The minimum absolute atomic E-state index is 0.0680. The maximum Gasteiger partial charge on any atom is 0.244 e. The molecule has 0 unspecified atom stereocenters. The Labute approximate surface area is 248 Å². The van der Waals surface area contributed by atoms with Crippen LogP contribution >= 0.6 is 11.6 Å². The van der Waals surface area contributed by atoms with E-state index in [4.69, 9.17) is 11.6 Å². The number of hydrogen-bond donors (Lipinski definition) is 1. The van der Waals surface area contributed by atoms with Crippen LogP contribution in [0.5, 0.6) is 0 Å². The van der Waals surface area contributed by atoms with E-state index >= 15 is 0 Å². The zero-order valence-corrected chi connectivity index (χ0v) is 25.4. The van der Waals surface area contributed by atoms with Crippen LogP contribution < -0.4 is 9.62 Å². The second kappa shape index (κ2) is 13.5. The molecule has 0 saturated heterocycles. The van der Waals surface area contributed by atoms with Crippen molar-refractivity contribution in [1.82, 2.24) is 10.2 Å². The molecule has 1 aliphatic carbocycles. The van der Waals surface area contributed by atoms with Gasteiger partial charge in [-0.25, -0.2) is 8.42 Å². The van der Waals surface area contributed by atoms with E-state index in [0.717, 1.165) is 58.5 Å². The summed E-state index contributed by atoms with van der Waals surface area (Å²) in [7, 11) is -3.85. The molecule has 1 saturated carbocycles. The normalized spacial score (nSPS) is 14.4. The predicted molar refractivity (Wildman–Crippen MR) is 164 cm³/mol. The zero-order chi connectivity index (χ0) is 29.6. The number of nitrogens with zero attached hydrogens (tertiary/aromatic N) is 2. The molecule has 0 spiro atoms. The van der Waals surface area contributed by atoms with Crippen molar-refractivity contribution in [2.75, 3.05) is 17.1 Å². The Morgan fingerprint density at radius 3 is 2.24 bits per heavy atom. The lowest BCUT2D eigenvalue weighted by atomic mass is 10.0. The molecule has 9 heteroatoms. The molecule has 0 aromatic heterocycles. The van der Waals surface area contributed by atoms with Crippen molar-refractivity contribution in [3.05, 3.63) is 100 Å². The average Bonchev–Trinajstić information content (AvgIpc) is 3.44. The smallest absolute Gasteiger partial charge is 0.244 e. The van der Waals surface area contributed by atoms with Gasteiger partial charge >= 0.3 is 0 Å². The summed E-state index contributed by atoms with van der Waals surface area (Å²) in [6, 6.07) is 21.4. The topological polar surface area (TPSA) is 86.8 Å². The van der Waals surface area contributed by atoms with Gasteiger partial charge in [-0.3, -0.25) is 13.9 Å². The number of carbonyl (C=O) groups excluding carboxylic acids is 2. The number of halogens is 1. The first-order chi connectivity index (χ1) is 19.5. The van der Waals surface area contributed by atoms with Crippen molar-refractivity contribution in [2.45, 2.75) is 64.6 Å². The van der Waals surface area contributed by atoms with E-state index in [1.807, 2.05) is 68.4 Å². The van der Waals surface area contributed by atoms with Gasteiger partial charge in [0.15, 0.2) is 0 Å². The molecule has 3 aromatic carbocycles. The van der Waals surface area contributed by atoms with Crippen LogP contribution in [0, 0.1) is 13.8 Å². The number of carbonyl (C=O) groups is 2. The van der Waals surface area contributed by atoms with E-state index in [9.17, 15) is 18.0 Å². The number of aryl methyl sites for hydroxylation is 2. The van der Waals surface area contributed by atoms with Crippen LogP contribution in [0.2, 0.25) is 5.02 Å². The third kappa shape index (κ3) is 8.11. The van der Waals surface area contributed by atoms with Crippen molar-refractivity contribution in [2.24, 2.45) is 0 Å². The molecule has 3 aromatic rings. The number of anilines is 1. The molecule has 0 aliphatic heterocycles. The molecule has 1 N–H and O–H groups in total. The number of nitrogens with one attached hydrogen (secondary N) is 1. The van der Waals surface area contributed by atoms with Crippen LogP contribution in [0.25, 0.3) is 0 Å². The summed E-state index contributed by atoms with van der Waals surface area (Å²) in [4.78, 5) is 29.7. The summed E-state index contributed by atoms with van der Waals surface area (Å²) in [5.74, 6) is -0.704. The fourth-order valence-corrected chi connectivity index (χ4v) is 6.26. The molecule has 7 nitrogen and oxygen atoms in total. The fraction of sp³-hybridized carbons (Fsp3) is 0.375. The minimum atomic E-state index is -3.85. The van der Waals surface area contributed by atoms with Crippen molar-refractivity contribution < 1.29 is 18.0 Å². The highest BCUT2D eigenvalue weighted by molar-refractivity contribution is 7.92. The predicted octanol–water partition coefficient (Wildman–Crippen LogP) is 5.42. The van der Waals surface area contributed by atoms with Gasteiger partial charge in [-0.1, -0.05) is 85.1 Å². The minimum Gasteiger partial charge on any atom is -0.352 e. The van der Waals surface area contributed by atoms with Gasteiger partial charge in [-0.15, -0.1) is 0 Å². The van der Waals surface area contributed by atoms with E-state index in [0.29, 0.717) is 17.1 Å². The van der Waals surface area contributed by atoms with Gasteiger partial charge in [0.25, 0.3) is 0 Å². The Balaban J connectivity index is 1.74. The van der Waals surface area contributed by atoms with Gasteiger partial charge in [-0.2, -0.15) is 0 Å². The third-order valence-corrected chi connectivity index (χ3v) is 9.24. The number of sulfonamides is 1. The molecule has 1 fully saturated rings. The van der Waals surface area contributed by atoms with E-state index < -0.39 is 28.5 Å². The lowest BCUT2D eigenvalue weighted by Crippen LogP contribution is -2.54. The second-order valence-corrected chi connectivity index (χ2v) is 13.2. The van der Waals surface area contributed by atoms with Crippen LogP contribution in [0.15, 0.2) is 72.8 Å². The maximum absolute atomic E-state index is 14.2. The quantitative estimate of drug-likeness (QED) is 0.321. The number of rotatable bonds is 11. The van der Waals surface area contributed by atoms with Gasteiger partial charge in [0, 0.05) is 24.0 Å². The monoisotopic (exact) mass is 595 g/mol. The molecule has 2 amide bonds. The van der Waals surface area contributed by atoms with Gasteiger partial charge < -0.3 is 10.2 Å². The summed E-state index contributed by atoms with van der Waals surface area (Å²) < 4.78 is 27.0. The Kier molecular flexibility index (Phi) is 10.1. The molecule has 41 heavy (non-hydrogen) atoms. The zero-order valence-electron chi connectivity index (χ0n) is 23.8. The van der Waals surface area contributed by atoms with Gasteiger partial charge in [0.05, 0.1) is 11.9 Å². The molecule has 1 atom stereocenters. The maximum atomic E-state index is 14.2. The molecule has 1 aliphatic rings. The lowest BCUT2D eigenvalue weighted by Gasteiger charge is -2.34. The summed E-state index contributed by atoms with van der Waals surface area (Å²) in [5.41, 5.74) is 3.86. The number of benzene rings is 3. The van der Waals surface area contributed by atoms with Crippen LogP contribution in [0.4, 0.5) is 5.69 Å². The van der Waals surface area contributed by atoms with E-state index in [1.54, 1.807) is 18.2 Å². The van der Waals surface area contributed by atoms with E-state index in [-0.39, 0.29) is 18.5 Å². The number of hydrogen-bond acceptors (Lipinski definition) is 4. The second-order valence-electron chi connectivity index (χ2n) is 10.8. The van der Waals surface area contributed by atoms with Crippen LogP contribution in [0.3, 0.4) is 0 Å². The van der Waals surface area contributed by atoms with E-state index in [2.05, 4.69) is 5.32 Å². The number of amides is 2. The summed E-state index contributed by atoms with van der Waals surface area (Å²) >= 11 is 6.33. The molecule has 218 valence electrons. The molecular formula is C32H38ClN3O4S. The van der Waals surface area contributed by atoms with Gasteiger partial charge in [0.2, 0.25) is 21.8 Å². The molecular weight excluding hydrogens is 558 g/mol. The lowest BCUT2D eigenvalue weighted by molar-refractivity contribution is -0.140. The average molecular weight is 596 g/mol. The Morgan fingerprint density at radius 1 is 0.951 bits per heavy atom. The van der Waals surface area contributed by atoms with Crippen molar-refractivity contribution >= 4 is 39.1 Å². The molecule has 0 heterocycles. The highest BCUT2D eigenvalue weighted by Gasteiger charge is 2.34. The summed E-state index contributed by atoms with van der Waals surface area (Å²) in [6.45, 7) is 3.47. The van der Waals surface area contributed by atoms with Gasteiger partial charge in [0.1, 0.15) is 12.6 Å². The van der Waals surface area contributed by atoms with Gasteiger partial charge in [-0.05, 0) is 61.1 Å². The first-order valence-corrected chi connectivity index (χ1v) is 16.2. The molecule has 0 radical (unpaired) electrons. The highest BCUT2D eigenvalue weighted by atomic mass is 35.5. The fourth-order valence-electron chi connectivity index (χ4n) is 5.24.